The van der Waals surface area contributed by atoms with Crippen LogP contribution in [0.15, 0.2) is 0 Å². The molecule has 15 heteroatoms. The number of hydrogen-bond donors (Lipinski definition) is 3. The second-order valence-corrected chi connectivity index (χ2v) is 10.8. The maximum absolute atomic E-state index is 14.2. The van der Waals surface area contributed by atoms with Crippen molar-refractivity contribution >= 4 is 29.4 Å². The number of amides is 4. The Labute approximate surface area is 209 Å². The molecule has 0 bridgehead atoms. The zero-order chi connectivity index (χ0) is 28.0. The molecule has 2 saturated heterocycles. The minimum absolute atomic E-state index is 0.259. The van der Waals surface area contributed by atoms with E-state index in [4.69, 9.17) is 0 Å². The number of hydrogen-bond acceptors (Lipinski definition) is 6. The van der Waals surface area contributed by atoms with Crippen LogP contribution in [-0.4, -0.2) is 83.9 Å². The van der Waals surface area contributed by atoms with Gasteiger partial charge < -0.3 is 20.9 Å². The number of likely N-dealkylation sites (tertiary alicyclic amines) is 1. The first-order valence-electron chi connectivity index (χ1n) is 11.7. The van der Waals surface area contributed by atoms with Crippen LogP contribution in [0.1, 0.15) is 46.5 Å². The van der Waals surface area contributed by atoms with E-state index in [1.54, 1.807) is 20.8 Å². The van der Waals surface area contributed by atoms with Crippen LogP contribution < -0.4 is 16.0 Å². The number of alkyl halides is 5. The van der Waals surface area contributed by atoms with Crippen LogP contribution in [0.2, 0.25) is 0 Å². The molecule has 0 aromatic carbocycles. The Kier molecular flexibility index (Phi) is 7.61. The van der Waals surface area contributed by atoms with Crippen molar-refractivity contribution in [1.82, 2.24) is 20.9 Å². The normalized spacial score (nSPS) is 27.6. The van der Waals surface area contributed by atoms with Gasteiger partial charge in [-0.1, -0.05) is 0 Å². The van der Waals surface area contributed by atoms with Crippen LogP contribution in [-0.2, 0) is 28.7 Å². The third-order valence-electron chi connectivity index (χ3n) is 6.66. The predicted octanol–water partition coefficient (Wildman–Crippen LogP) is 0.644. The van der Waals surface area contributed by atoms with Crippen molar-refractivity contribution < 1.29 is 50.7 Å². The van der Waals surface area contributed by atoms with Crippen molar-refractivity contribution in [2.75, 3.05) is 19.7 Å². The van der Waals surface area contributed by atoms with E-state index in [9.17, 15) is 45.9 Å². The minimum Gasteiger partial charge on any atom is -0.356 e. The lowest BCUT2D eigenvalue weighted by Gasteiger charge is -2.28. The lowest BCUT2D eigenvalue weighted by molar-refractivity contribution is -0.321. The fraction of sp³-hybridized carbons (Fsp3) is 0.773. The average Bonchev–Trinajstić information content (AvgIpc) is 3.06. The molecule has 1 aliphatic carbocycles. The summed E-state index contributed by atoms with van der Waals surface area (Å²) in [6.07, 6.45) is -6.35. The zero-order valence-corrected chi connectivity index (χ0v) is 20.5. The molecule has 2 heterocycles. The van der Waals surface area contributed by atoms with Crippen molar-refractivity contribution in [2.45, 2.75) is 76.4 Å². The largest absolute Gasteiger partial charge is 0.522 e. The van der Waals surface area contributed by atoms with Crippen LogP contribution >= 0.6 is 0 Å². The fourth-order valence-electron chi connectivity index (χ4n) is 4.67. The molecule has 0 aromatic rings. The number of carbonyl (C=O) groups is 5. The van der Waals surface area contributed by atoms with E-state index in [-0.39, 0.29) is 19.4 Å². The number of Topliss-reactive ketones (excluding diaryl/α,β-unsaturated/α-hetero) is 1. The lowest BCUT2D eigenvalue weighted by atomic mass is 9.95. The molecule has 3 rings (SSSR count). The summed E-state index contributed by atoms with van der Waals surface area (Å²) in [4.78, 5) is 63.6. The van der Waals surface area contributed by atoms with Crippen molar-refractivity contribution in [3.05, 3.63) is 0 Å². The van der Waals surface area contributed by atoms with Gasteiger partial charge >= 0.3 is 18.2 Å². The van der Waals surface area contributed by atoms with E-state index < -0.39 is 96.6 Å². The van der Waals surface area contributed by atoms with Crippen molar-refractivity contribution in [1.29, 1.82) is 0 Å². The molecule has 0 unspecified atom stereocenters. The smallest absolute Gasteiger partial charge is 0.356 e. The number of ether oxygens (including phenoxy) is 1. The molecule has 0 aromatic heterocycles. The molecule has 0 radical (unpaired) electrons. The van der Waals surface area contributed by atoms with Gasteiger partial charge in [0.1, 0.15) is 12.6 Å². The highest BCUT2D eigenvalue weighted by atomic mass is 19.4. The minimum atomic E-state index is -5.13. The van der Waals surface area contributed by atoms with Crippen LogP contribution in [0.25, 0.3) is 0 Å². The number of ketones is 1. The van der Waals surface area contributed by atoms with E-state index in [0.29, 0.717) is 4.90 Å². The molecule has 3 N–H and O–H groups in total. The summed E-state index contributed by atoms with van der Waals surface area (Å²) in [6.45, 7) is 2.98. The van der Waals surface area contributed by atoms with Crippen LogP contribution in [0, 0.1) is 11.3 Å². The molecule has 3 aliphatic rings. The van der Waals surface area contributed by atoms with E-state index in [1.807, 2.05) is 0 Å². The third kappa shape index (κ3) is 6.73. The molecule has 1 saturated carbocycles. The van der Waals surface area contributed by atoms with Crippen molar-refractivity contribution in [3.8, 4) is 0 Å². The van der Waals surface area contributed by atoms with Gasteiger partial charge in [0, 0.05) is 31.0 Å². The molecule has 3 fully saturated rings. The van der Waals surface area contributed by atoms with Gasteiger partial charge in [0.05, 0.1) is 11.5 Å². The van der Waals surface area contributed by atoms with Crippen LogP contribution in [0.4, 0.5) is 22.0 Å². The van der Waals surface area contributed by atoms with Crippen molar-refractivity contribution in [2.24, 2.45) is 11.3 Å². The SMILES string of the molecule is CC(C)(C)NC(=O)C(=O)N1C[C@@]2(C[C@H]1C(=O)N[C@@H](C[C@@H]1CCNC1=O)C(=O)COC(F)(F)F)CC2(F)F. The first kappa shape index (κ1) is 28.7. The van der Waals surface area contributed by atoms with Gasteiger partial charge in [0.25, 0.3) is 5.92 Å². The highest BCUT2D eigenvalue weighted by Crippen LogP contribution is 2.66. The van der Waals surface area contributed by atoms with E-state index in [1.165, 1.54) is 0 Å². The Morgan fingerprint density at radius 2 is 1.81 bits per heavy atom. The van der Waals surface area contributed by atoms with Gasteiger partial charge in [0.15, 0.2) is 5.78 Å². The Morgan fingerprint density at radius 3 is 2.30 bits per heavy atom. The van der Waals surface area contributed by atoms with Gasteiger partial charge in [-0.05, 0) is 40.0 Å². The topological polar surface area (TPSA) is 134 Å². The average molecular weight is 540 g/mol. The molecule has 208 valence electrons. The predicted molar refractivity (Wildman–Crippen MR) is 115 cm³/mol. The molecule has 4 amide bonds. The summed E-state index contributed by atoms with van der Waals surface area (Å²) in [5, 5.41) is 7.12. The van der Waals surface area contributed by atoms with Crippen LogP contribution in [0.3, 0.4) is 0 Å². The van der Waals surface area contributed by atoms with E-state index in [2.05, 4.69) is 20.7 Å². The van der Waals surface area contributed by atoms with Gasteiger partial charge in [-0.2, -0.15) is 0 Å². The summed E-state index contributed by atoms with van der Waals surface area (Å²) < 4.78 is 69.3. The molecule has 10 nitrogen and oxygen atoms in total. The molecule has 37 heavy (non-hydrogen) atoms. The van der Waals surface area contributed by atoms with Crippen molar-refractivity contribution in [3.63, 3.8) is 0 Å². The molecule has 1 spiro atoms. The van der Waals surface area contributed by atoms with E-state index in [0.717, 1.165) is 0 Å². The van der Waals surface area contributed by atoms with Crippen LogP contribution in [0.5, 0.6) is 0 Å². The number of rotatable bonds is 7. The fourth-order valence-corrected chi connectivity index (χ4v) is 4.67. The zero-order valence-electron chi connectivity index (χ0n) is 20.5. The second kappa shape index (κ2) is 9.80. The highest BCUT2D eigenvalue weighted by Gasteiger charge is 2.75. The first-order chi connectivity index (χ1) is 16.8. The van der Waals surface area contributed by atoms with Gasteiger partial charge in [-0.15, -0.1) is 13.2 Å². The Bertz CT molecular complexity index is 982. The maximum atomic E-state index is 14.2. The first-order valence-corrected chi connectivity index (χ1v) is 11.7. The van der Waals surface area contributed by atoms with E-state index >= 15 is 0 Å². The third-order valence-corrected chi connectivity index (χ3v) is 6.66. The number of halogens is 5. The highest BCUT2D eigenvalue weighted by molar-refractivity contribution is 6.35. The quantitative estimate of drug-likeness (QED) is 0.321. The Hall–Kier alpha value is -2.84. The Balaban J connectivity index is 1.80. The summed E-state index contributed by atoms with van der Waals surface area (Å²) >= 11 is 0. The molecule has 4 atom stereocenters. The summed E-state index contributed by atoms with van der Waals surface area (Å²) in [6, 6.07) is -3.21. The summed E-state index contributed by atoms with van der Waals surface area (Å²) in [5.41, 5.74) is -2.57. The Morgan fingerprint density at radius 1 is 1.19 bits per heavy atom. The number of carbonyl (C=O) groups excluding carboxylic acids is 5. The summed E-state index contributed by atoms with van der Waals surface area (Å²) in [5.74, 6) is -9.08. The maximum Gasteiger partial charge on any atom is 0.522 e. The van der Waals surface area contributed by atoms with Gasteiger partial charge in [0.2, 0.25) is 11.8 Å². The lowest BCUT2D eigenvalue weighted by Crippen LogP contribution is -2.55. The van der Waals surface area contributed by atoms with Gasteiger partial charge in [-0.25, -0.2) is 8.78 Å². The monoisotopic (exact) mass is 540 g/mol. The van der Waals surface area contributed by atoms with Gasteiger partial charge in [-0.3, -0.25) is 28.7 Å². The number of nitrogens with zero attached hydrogens (tertiary/aromatic N) is 1. The standard InChI is InChI=1S/C22H29F5N4O6/c1-19(2,3)30-17(35)18(36)31-10-20(9-21(20,23)24)7-13(31)16(34)29-12(6-11-4-5-28-15(11)33)14(32)8-37-22(25,26)27/h11-13H,4-10H2,1-3H3,(H,28,33)(H,29,34)(H,30,35)/t11-,12-,13-,20+/m0/s1. The molecular formula is C22H29F5N4O6. The second-order valence-electron chi connectivity index (χ2n) is 10.8. The molecule has 2 aliphatic heterocycles. The summed E-state index contributed by atoms with van der Waals surface area (Å²) in [7, 11) is 0. The molecular weight excluding hydrogens is 511 g/mol. The number of nitrogens with one attached hydrogen (secondary N) is 3.